The van der Waals surface area contributed by atoms with Crippen molar-refractivity contribution in [3.05, 3.63) is 90.4 Å². The first kappa shape index (κ1) is 21.4. The number of hydrogen-bond donors (Lipinski definition) is 1. The molecule has 0 radical (unpaired) electrons. The lowest BCUT2D eigenvalue weighted by atomic mass is 10.1. The van der Waals surface area contributed by atoms with Gasteiger partial charge in [0.2, 0.25) is 0 Å². The molecule has 0 saturated carbocycles. The minimum atomic E-state index is -0.610. The van der Waals surface area contributed by atoms with Gasteiger partial charge in [-0.1, -0.05) is 29.4 Å². The van der Waals surface area contributed by atoms with Crippen molar-refractivity contribution in [2.24, 2.45) is 5.11 Å². The fourth-order valence-corrected chi connectivity index (χ4v) is 4.56. The Hall–Kier alpha value is -4.48. The molecule has 0 amide bonds. The van der Waals surface area contributed by atoms with Gasteiger partial charge in [-0.2, -0.15) is 0 Å². The summed E-state index contributed by atoms with van der Waals surface area (Å²) in [6.07, 6.45) is 4.02. The van der Waals surface area contributed by atoms with Crippen LogP contribution in [0.1, 0.15) is 28.8 Å². The minimum Gasteiger partial charge on any atom is -0.314 e. The predicted molar refractivity (Wildman–Crippen MR) is 126 cm³/mol. The van der Waals surface area contributed by atoms with Crippen LogP contribution in [-0.2, 0) is 19.5 Å². The number of fused-ring (bicyclic) bond motifs is 2. The minimum absolute atomic E-state index is 0.150. The van der Waals surface area contributed by atoms with Crippen molar-refractivity contribution in [1.29, 1.82) is 0 Å². The fourth-order valence-electron chi connectivity index (χ4n) is 3.84. The second kappa shape index (κ2) is 8.46. The van der Waals surface area contributed by atoms with E-state index in [2.05, 4.69) is 25.0 Å². The van der Waals surface area contributed by atoms with Crippen LogP contribution in [0, 0.1) is 0 Å². The standard InChI is InChI=1S/C21H17N9O3S/c1-2-29-18-17(19(32)25-20(29)33)30(11-15(31)12-3-5-13(6-4-12)26-27-22)16(24-18)9-14-10-28-7-8-34-21(28)23-14/h3-8,10H,2,9,11H2,1H3,(H,25,32,33). The zero-order valence-electron chi connectivity index (χ0n) is 17.9. The highest BCUT2D eigenvalue weighted by molar-refractivity contribution is 7.15. The number of rotatable bonds is 7. The third-order valence-electron chi connectivity index (χ3n) is 5.41. The molecule has 0 spiro atoms. The van der Waals surface area contributed by atoms with Gasteiger partial charge in [-0.15, -0.1) is 11.3 Å². The van der Waals surface area contributed by atoms with E-state index in [4.69, 9.17) is 5.53 Å². The van der Waals surface area contributed by atoms with Gasteiger partial charge in [-0.05, 0) is 12.5 Å². The molecule has 12 nitrogen and oxygen atoms in total. The number of aromatic amines is 1. The number of Topliss-reactive ketones (excluding diaryl/α,β-unsaturated/α-hetero) is 1. The Morgan fingerprint density at radius 1 is 1.21 bits per heavy atom. The molecule has 13 heteroatoms. The molecule has 0 bridgehead atoms. The van der Waals surface area contributed by atoms with Crippen molar-refractivity contribution in [3.8, 4) is 0 Å². The average Bonchev–Trinajstić information content (AvgIpc) is 3.49. The first-order chi connectivity index (χ1) is 16.5. The highest BCUT2D eigenvalue weighted by Gasteiger charge is 2.21. The van der Waals surface area contributed by atoms with Crippen LogP contribution in [-0.4, -0.2) is 34.3 Å². The molecule has 1 aromatic carbocycles. The fraction of sp³-hybridized carbons (Fsp3) is 0.190. The molecular weight excluding hydrogens is 458 g/mol. The van der Waals surface area contributed by atoms with Crippen LogP contribution in [0.2, 0.25) is 0 Å². The number of H-pyrrole nitrogens is 1. The zero-order valence-corrected chi connectivity index (χ0v) is 18.7. The van der Waals surface area contributed by atoms with Crippen molar-refractivity contribution in [2.75, 3.05) is 0 Å². The number of aromatic nitrogens is 6. The molecule has 0 aliphatic heterocycles. The van der Waals surface area contributed by atoms with Crippen molar-refractivity contribution in [1.82, 2.24) is 28.5 Å². The molecule has 5 rings (SSSR count). The van der Waals surface area contributed by atoms with Crippen LogP contribution in [0.4, 0.5) is 5.69 Å². The van der Waals surface area contributed by atoms with Gasteiger partial charge in [0.1, 0.15) is 5.82 Å². The first-order valence-corrected chi connectivity index (χ1v) is 11.2. The van der Waals surface area contributed by atoms with Crippen molar-refractivity contribution >= 4 is 38.9 Å². The van der Waals surface area contributed by atoms with E-state index in [1.165, 1.54) is 20.5 Å². The summed E-state index contributed by atoms with van der Waals surface area (Å²) in [5.74, 6) is 0.172. The Bertz CT molecular complexity index is 1680. The molecule has 0 saturated heterocycles. The van der Waals surface area contributed by atoms with E-state index in [9.17, 15) is 14.4 Å². The average molecular weight is 475 g/mol. The number of hydrogen-bond acceptors (Lipinski definition) is 7. The number of azide groups is 1. The number of ketones is 1. The van der Waals surface area contributed by atoms with Gasteiger partial charge in [0, 0.05) is 46.9 Å². The van der Waals surface area contributed by atoms with Crippen molar-refractivity contribution < 1.29 is 4.79 Å². The highest BCUT2D eigenvalue weighted by Crippen LogP contribution is 2.19. The molecular formula is C21H17N9O3S. The second-order valence-electron chi connectivity index (χ2n) is 7.45. The lowest BCUT2D eigenvalue weighted by Gasteiger charge is -2.08. The van der Waals surface area contributed by atoms with E-state index in [1.54, 1.807) is 31.2 Å². The summed E-state index contributed by atoms with van der Waals surface area (Å²) < 4.78 is 4.79. The smallest absolute Gasteiger partial charge is 0.314 e. The lowest BCUT2D eigenvalue weighted by molar-refractivity contribution is 0.0972. The molecule has 1 N–H and O–H groups in total. The molecule has 0 fully saturated rings. The summed E-state index contributed by atoms with van der Waals surface area (Å²) in [4.78, 5) is 53.2. The van der Waals surface area contributed by atoms with Crippen LogP contribution in [0.5, 0.6) is 0 Å². The monoisotopic (exact) mass is 475 g/mol. The Balaban J connectivity index is 1.61. The topological polar surface area (TPSA) is 156 Å². The van der Waals surface area contributed by atoms with E-state index in [-0.39, 0.29) is 29.9 Å². The maximum atomic E-state index is 13.1. The number of nitrogens with one attached hydrogen (secondary N) is 1. The maximum absolute atomic E-state index is 13.1. The van der Waals surface area contributed by atoms with Crippen LogP contribution in [0.3, 0.4) is 0 Å². The third-order valence-corrected chi connectivity index (χ3v) is 6.19. The largest absolute Gasteiger partial charge is 0.330 e. The first-order valence-electron chi connectivity index (χ1n) is 10.3. The van der Waals surface area contributed by atoms with Gasteiger partial charge in [0.25, 0.3) is 5.56 Å². The normalized spacial score (nSPS) is 11.2. The number of carbonyl (C=O) groups is 1. The van der Waals surface area contributed by atoms with Gasteiger partial charge in [0.15, 0.2) is 21.9 Å². The summed E-state index contributed by atoms with van der Waals surface area (Å²) in [5, 5.41) is 5.43. The maximum Gasteiger partial charge on any atom is 0.330 e. The molecule has 0 aliphatic rings. The molecule has 34 heavy (non-hydrogen) atoms. The third kappa shape index (κ3) is 3.68. The molecule has 0 atom stereocenters. The van der Waals surface area contributed by atoms with Crippen molar-refractivity contribution in [3.63, 3.8) is 0 Å². The number of nitrogens with zero attached hydrogens (tertiary/aromatic N) is 8. The van der Waals surface area contributed by atoms with E-state index in [1.807, 2.05) is 22.2 Å². The Morgan fingerprint density at radius 2 is 2.00 bits per heavy atom. The second-order valence-corrected chi connectivity index (χ2v) is 8.32. The molecule has 4 heterocycles. The van der Waals surface area contributed by atoms with Crippen LogP contribution in [0.25, 0.3) is 26.6 Å². The van der Waals surface area contributed by atoms with E-state index in [0.717, 1.165) is 10.7 Å². The molecule has 5 aromatic rings. The number of carbonyl (C=O) groups excluding carboxylic acids is 1. The summed E-state index contributed by atoms with van der Waals surface area (Å²) in [6, 6.07) is 6.19. The summed E-state index contributed by atoms with van der Waals surface area (Å²) in [7, 11) is 0. The number of aryl methyl sites for hydroxylation is 1. The van der Waals surface area contributed by atoms with Crippen LogP contribution in [0.15, 0.2) is 56.7 Å². The van der Waals surface area contributed by atoms with E-state index >= 15 is 0 Å². The predicted octanol–water partition coefficient (Wildman–Crippen LogP) is 3.03. The molecule has 170 valence electrons. The van der Waals surface area contributed by atoms with Gasteiger partial charge in [-0.25, -0.2) is 14.8 Å². The van der Waals surface area contributed by atoms with Gasteiger partial charge in [0.05, 0.1) is 12.2 Å². The number of benzene rings is 1. The van der Waals surface area contributed by atoms with Crippen molar-refractivity contribution in [2.45, 2.75) is 26.4 Å². The SMILES string of the molecule is CCn1c(=O)[nH]c(=O)c2c1nc(Cc1cn3ccsc3n1)n2CC(=O)c1ccc(N=[N+]=[N-])cc1. The van der Waals surface area contributed by atoms with Crippen LogP contribution >= 0.6 is 11.3 Å². The van der Waals surface area contributed by atoms with E-state index in [0.29, 0.717) is 23.6 Å². The highest BCUT2D eigenvalue weighted by atomic mass is 32.1. The Morgan fingerprint density at radius 3 is 2.71 bits per heavy atom. The quantitative estimate of drug-likeness (QED) is 0.166. The lowest BCUT2D eigenvalue weighted by Crippen LogP contribution is -2.31. The molecule has 4 aromatic heterocycles. The van der Waals surface area contributed by atoms with E-state index < -0.39 is 11.2 Å². The zero-order chi connectivity index (χ0) is 23.8. The molecule has 0 unspecified atom stereocenters. The Kier molecular flexibility index (Phi) is 5.32. The summed E-state index contributed by atoms with van der Waals surface area (Å²) in [6.45, 7) is 1.91. The summed E-state index contributed by atoms with van der Waals surface area (Å²) >= 11 is 1.49. The number of imidazole rings is 2. The number of thiazole rings is 1. The van der Waals surface area contributed by atoms with Gasteiger partial charge in [-0.3, -0.25) is 23.5 Å². The Labute approximate surface area is 194 Å². The summed E-state index contributed by atoms with van der Waals surface area (Å²) in [5.41, 5.74) is 9.25. The molecule has 0 aliphatic carbocycles. The van der Waals surface area contributed by atoms with Gasteiger partial charge < -0.3 is 4.57 Å². The van der Waals surface area contributed by atoms with Crippen LogP contribution < -0.4 is 11.2 Å². The van der Waals surface area contributed by atoms with Gasteiger partial charge >= 0.3 is 5.69 Å².